The van der Waals surface area contributed by atoms with Gasteiger partial charge >= 0.3 is 59.1 Å². The summed E-state index contributed by atoms with van der Waals surface area (Å²) >= 11 is 0. The van der Waals surface area contributed by atoms with E-state index in [1.165, 1.54) is 0 Å². The van der Waals surface area contributed by atoms with E-state index in [-0.39, 0.29) is 69.9 Å². The first kappa shape index (κ1) is 25.2. The number of nitrogens with two attached hydrogens (primary N) is 1. The standard InChI is InChI=1S/C10H9NO9S3.2Na.2H/c11-8-4-7-5(2-10(8)23(18,19)20)1-6(21(12,13)14)3-9(7)22(15,16)17;;;;/h1-4H,11H2,(H,12,13,14)(H,15,16,17)(H,18,19,20);;;;. The fourth-order valence-corrected chi connectivity index (χ4v) is 3.91. The molecule has 0 heterocycles. The molecule has 0 aliphatic heterocycles. The number of hydrogen-bond donors (Lipinski definition) is 4. The molecule has 0 amide bonds. The van der Waals surface area contributed by atoms with E-state index in [4.69, 9.17) is 14.8 Å². The van der Waals surface area contributed by atoms with Crippen LogP contribution in [0.4, 0.5) is 5.69 Å². The van der Waals surface area contributed by atoms with Gasteiger partial charge in [0.25, 0.3) is 30.4 Å². The van der Waals surface area contributed by atoms with E-state index in [0.29, 0.717) is 12.1 Å². The van der Waals surface area contributed by atoms with Gasteiger partial charge in [-0.3, -0.25) is 13.7 Å². The molecule has 10 nitrogen and oxygen atoms in total. The van der Waals surface area contributed by atoms with Gasteiger partial charge < -0.3 is 5.73 Å². The predicted molar refractivity (Wildman–Crippen MR) is 92.1 cm³/mol. The molecular formula is C10H11NNa2O9S3. The van der Waals surface area contributed by atoms with E-state index in [1.807, 2.05) is 0 Å². The van der Waals surface area contributed by atoms with Crippen molar-refractivity contribution in [2.75, 3.05) is 5.73 Å². The second-order valence-electron chi connectivity index (χ2n) is 4.46. The van der Waals surface area contributed by atoms with E-state index >= 15 is 0 Å². The second-order valence-corrected chi connectivity index (χ2v) is 8.66. The third kappa shape index (κ3) is 5.60. The molecule has 0 saturated carbocycles. The maximum atomic E-state index is 11.4. The van der Waals surface area contributed by atoms with Gasteiger partial charge in [0.1, 0.15) is 9.79 Å². The van der Waals surface area contributed by atoms with Gasteiger partial charge in [-0.05, 0) is 29.7 Å². The Morgan fingerprint density at radius 3 is 1.56 bits per heavy atom. The molecule has 0 aromatic heterocycles. The number of fused-ring (bicyclic) bond motifs is 1. The monoisotopic (exact) mass is 431 g/mol. The van der Waals surface area contributed by atoms with Crippen molar-refractivity contribution in [2.24, 2.45) is 0 Å². The summed E-state index contributed by atoms with van der Waals surface area (Å²) in [6, 6.07) is 2.78. The molecule has 2 aromatic rings. The quantitative estimate of drug-likeness (QED) is 0.263. The summed E-state index contributed by atoms with van der Waals surface area (Å²) in [5, 5.41) is -0.612. The first-order chi connectivity index (χ1) is 10.2. The first-order valence-corrected chi connectivity index (χ1v) is 9.83. The van der Waals surface area contributed by atoms with Gasteiger partial charge in [0.05, 0.1) is 10.6 Å². The predicted octanol–water partition coefficient (Wildman–Crippen LogP) is -1.13. The van der Waals surface area contributed by atoms with Crippen molar-refractivity contribution in [2.45, 2.75) is 14.7 Å². The Hall–Kier alpha value is 0.230. The zero-order valence-electron chi connectivity index (χ0n) is 10.9. The van der Waals surface area contributed by atoms with Crippen molar-refractivity contribution < 1.29 is 38.9 Å². The average molecular weight is 431 g/mol. The summed E-state index contributed by atoms with van der Waals surface area (Å²) in [7, 11) is -14.5. The van der Waals surface area contributed by atoms with Crippen LogP contribution in [-0.2, 0) is 30.4 Å². The summed E-state index contributed by atoms with van der Waals surface area (Å²) in [5.41, 5.74) is 4.90. The number of nitrogen functional groups attached to an aromatic ring is 1. The summed E-state index contributed by atoms with van der Waals surface area (Å²) in [4.78, 5) is -2.60. The Morgan fingerprint density at radius 2 is 1.16 bits per heavy atom. The van der Waals surface area contributed by atoms with Crippen LogP contribution in [0.5, 0.6) is 0 Å². The minimum atomic E-state index is -4.92. The molecule has 0 saturated heterocycles. The van der Waals surface area contributed by atoms with Crippen molar-refractivity contribution in [1.82, 2.24) is 0 Å². The van der Waals surface area contributed by atoms with E-state index in [2.05, 4.69) is 0 Å². The zero-order valence-corrected chi connectivity index (χ0v) is 13.4. The Bertz CT molecular complexity index is 1140. The van der Waals surface area contributed by atoms with Crippen LogP contribution in [0.3, 0.4) is 0 Å². The molecule has 0 fully saturated rings. The van der Waals surface area contributed by atoms with Crippen LogP contribution in [-0.4, -0.2) is 98.0 Å². The van der Waals surface area contributed by atoms with Gasteiger partial charge in [-0.15, -0.1) is 0 Å². The van der Waals surface area contributed by atoms with E-state index in [1.54, 1.807) is 0 Å². The number of hydrogen-bond acceptors (Lipinski definition) is 7. The van der Waals surface area contributed by atoms with Crippen molar-refractivity contribution in [3.8, 4) is 0 Å². The summed E-state index contributed by atoms with van der Waals surface area (Å²) in [5.74, 6) is 0. The molecule has 0 spiro atoms. The van der Waals surface area contributed by atoms with Gasteiger partial charge in [-0.1, -0.05) is 0 Å². The third-order valence-electron chi connectivity index (χ3n) is 2.87. The van der Waals surface area contributed by atoms with Gasteiger partial charge in [0.2, 0.25) is 0 Å². The van der Waals surface area contributed by atoms with Crippen molar-refractivity contribution >= 4 is 106 Å². The molecular weight excluding hydrogens is 420 g/mol. The van der Waals surface area contributed by atoms with Gasteiger partial charge in [-0.2, -0.15) is 25.3 Å². The molecule has 130 valence electrons. The molecule has 0 aliphatic rings. The molecule has 5 N–H and O–H groups in total. The first-order valence-electron chi connectivity index (χ1n) is 5.51. The number of benzene rings is 2. The van der Waals surface area contributed by atoms with Gasteiger partial charge in [0.15, 0.2) is 0 Å². The minimum absolute atomic E-state index is 0. The molecule has 0 radical (unpaired) electrons. The van der Waals surface area contributed by atoms with E-state index in [0.717, 1.165) is 12.1 Å². The molecule has 2 rings (SSSR count). The van der Waals surface area contributed by atoms with Crippen LogP contribution in [0.25, 0.3) is 10.8 Å². The number of rotatable bonds is 3. The van der Waals surface area contributed by atoms with Crippen molar-refractivity contribution in [3.05, 3.63) is 24.3 Å². The third-order valence-corrected chi connectivity index (χ3v) is 5.51. The summed E-state index contributed by atoms with van der Waals surface area (Å²) < 4.78 is 94.8. The van der Waals surface area contributed by atoms with Crippen LogP contribution in [0.2, 0.25) is 0 Å². The fourth-order valence-electron chi connectivity index (χ4n) is 1.93. The van der Waals surface area contributed by atoms with Gasteiger partial charge in [0, 0.05) is 5.39 Å². The van der Waals surface area contributed by atoms with Gasteiger partial charge in [-0.25, -0.2) is 0 Å². The average Bonchev–Trinajstić information content (AvgIpc) is 2.32. The van der Waals surface area contributed by atoms with Crippen molar-refractivity contribution in [1.29, 1.82) is 0 Å². The topological polar surface area (TPSA) is 189 Å². The summed E-state index contributed by atoms with van der Waals surface area (Å²) in [6.45, 7) is 0. The summed E-state index contributed by atoms with van der Waals surface area (Å²) in [6.07, 6.45) is 0. The van der Waals surface area contributed by atoms with Crippen LogP contribution in [0, 0.1) is 0 Å². The molecule has 0 aliphatic carbocycles. The van der Waals surface area contributed by atoms with Crippen molar-refractivity contribution in [3.63, 3.8) is 0 Å². The Balaban J connectivity index is 0.00000288. The SMILES string of the molecule is Nc1cc2c(S(=O)(=O)O)cc(S(=O)(=O)O)cc2cc1S(=O)(=O)O.[NaH].[NaH]. The zero-order chi connectivity index (χ0) is 17.8. The molecule has 0 atom stereocenters. The molecule has 15 heteroatoms. The molecule has 0 unspecified atom stereocenters. The molecule has 25 heavy (non-hydrogen) atoms. The molecule has 2 aromatic carbocycles. The van der Waals surface area contributed by atoms with Crippen LogP contribution in [0.1, 0.15) is 0 Å². The van der Waals surface area contributed by atoms with E-state index < -0.39 is 50.7 Å². The Kier molecular flexibility index (Phi) is 8.15. The van der Waals surface area contributed by atoms with Crippen LogP contribution >= 0.6 is 0 Å². The fraction of sp³-hybridized carbons (Fsp3) is 0. The Morgan fingerprint density at radius 1 is 0.680 bits per heavy atom. The van der Waals surface area contributed by atoms with E-state index in [9.17, 15) is 29.8 Å². The van der Waals surface area contributed by atoms with Crippen LogP contribution < -0.4 is 5.73 Å². The Labute approximate surface area is 187 Å². The normalized spacial score (nSPS) is 12.3. The molecule has 0 bridgehead atoms. The number of anilines is 1. The second kappa shape index (κ2) is 8.08. The maximum absolute atomic E-state index is 11.4. The van der Waals surface area contributed by atoms with Crippen LogP contribution in [0.15, 0.2) is 39.0 Å².